The van der Waals surface area contributed by atoms with E-state index in [0.717, 1.165) is 19.5 Å². The first-order valence-corrected chi connectivity index (χ1v) is 7.38. The second kappa shape index (κ2) is 7.20. The van der Waals surface area contributed by atoms with Crippen molar-refractivity contribution in [3.63, 3.8) is 0 Å². The van der Waals surface area contributed by atoms with Crippen LogP contribution in [-0.2, 0) is 6.42 Å². The molecule has 0 aliphatic rings. The Morgan fingerprint density at radius 2 is 1.80 bits per heavy atom. The fraction of sp³-hybridized carbons (Fsp3) is 0.389. The molecular formula is C18H24N2. The van der Waals surface area contributed by atoms with E-state index in [4.69, 9.17) is 0 Å². The Labute approximate surface area is 122 Å². The highest BCUT2D eigenvalue weighted by molar-refractivity contribution is 5.36. The zero-order valence-corrected chi connectivity index (χ0v) is 12.7. The van der Waals surface area contributed by atoms with Crippen LogP contribution in [0.4, 0.5) is 0 Å². The Kier molecular flexibility index (Phi) is 5.31. The minimum Gasteiger partial charge on any atom is -0.306 e. The van der Waals surface area contributed by atoms with Crippen LogP contribution in [-0.4, -0.2) is 30.0 Å². The van der Waals surface area contributed by atoms with Crippen LogP contribution >= 0.6 is 0 Å². The van der Waals surface area contributed by atoms with E-state index in [2.05, 4.69) is 67.2 Å². The fourth-order valence-electron chi connectivity index (χ4n) is 2.49. The van der Waals surface area contributed by atoms with Gasteiger partial charge in [0, 0.05) is 24.9 Å². The van der Waals surface area contributed by atoms with Crippen molar-refractivity contribution in [3.8, 4) is 0 Å². The summed E-state index contributed by atoms with van der Waals surface area (Å²) < 4.78 is 0. The van der Waals surface area contributed by atoms with Gasteiger partial charge in [0.2, 0.25) is 0 Å². The van der Waals surface area contributed by atoms with Crippen molar-refractivity contribution < 1.29 is 0 Å². The summed E-state index contributed by atoms with van der Waals surface area (Å²) in [6.45, 7) is 6.68. The summed E-state index contributed by atoms with van der Waals surface area (Å²) in [4.78, 5) is 6.46. The summed E-state index contributed by atoms with van der Waals surface area (Å²) in [7, 11) is 2.18. The van der Waals surface area contributed by atoms with E-state index in [-0.39, 0.29) is 0 Å². The highest BCUT2D eigenvalue weighted by atomic mass is 15.1. The van der Waals surface area contributed by atoms with Crippen LogP contribution in [0.5, 0.6) is 0 Å². The van der Waals surface area contributed by atoms with Gasteiger partial charge in [0.1, 0.15) is 0 Å². The van der Waals surface area contributed by atoms with Gasteiger partial charge in [-0.15, -0.1) is 0 Å². The first-order chi connectivity index (χ1) is 9.72. The number of hydrogen-bond acceptors (Lipinski definition) is 2. The Hall–Kier alpha value is -1.67. The third kappa shape index (κ3) is 3.67. The minimum atomic E-state index is 0.418. The van der Waals surface area contributed by atoms with Gasteiger partial charge < -0.3 is 4.90 Å². The Bertz CT molecular complexity index is 522. The lowest BCUT2D eigenvalue weighted by atomic mass is 9.89. The predicted octanol–water partition coefficient (Wildman–Crippen LogP) is 3.73. The molecule has 2 aromatic rings. The molecule has 1 aromatic carbocycles. The van der Waals surface area contributed by atoms with E-state index in [1.807, 2.05) is 12.4 Å². The molecular weight excluding hydrogens is 244 g/mol. The number of hydrogen-bond donors (Lipinski definition) is 0. The van der Waals surface area contributed by atoms with Crippen LogP contribution in [0, 0.1) is 0 Å². The molecule has 20 heavy (non-hydrogen) atoms. The number of likely N-dealkylation sites (N-methyl/N-ethyl adjacent to an activating group) is 1. The number of rotatable bonds is 6. The molecule has 2 nitrogen and oxygen atoms in total. The second-order valence-corrected chi connectivity index (χ2v) is 5.35. The molecule has 1 aromatic heterocycles. The van der Waals surface area contributed by atoms with E-state index in [9.17, 15) is 0 Å². The highest BCUT2D eigenvalue weighted by Crippen LogP contribution is 2.26. The lowest BCUT2D eigenvalue weighted by Crippen LogP contribution is -2.21. The van der Waals surface area contributed by atoms with E-state index in [0.29, 0.717) is 5.92 Å². The Morgan fingerprint density at radius 3 is 2.50 bits per heavy atom. The Balaban J connectivity index is 2.19. The van der Waals surface area contributed by atoms with E-state index in [1.54, 1.807) is 0 Å². The average molecular weight is 268 g/mol. The summed E-state index contributed by atoms with van der Waals surface area (Å²) >= 11 is 0. The van der Waals surface area contributed by atoms with Gasteiger partial charge in [-0.1, -0.05) is 38.1 Å². The van der Waals surface area contributed by atoms with Gasteiger partial charge in [-0.3, -0.25) is 4.98 Å². The molecule has 1 unspecified atom stereocenters. The largest absolute Gasteiger partial charge is 0.306 e. The van der Waals surface area contributed by atoms with Gasteiger partial charge >= 0.3 is 0 Å². The smallest absolute Gasteiger partial charge is 0.0270 e. The van der Waals surface area contributed by atoms with Crippen molar-refractivity contribution in [1.82, 2.24) is 9.88 Å². The van der Waals surface area contributed by atoms with Crippen LogP contribution in [0.2, 0.25) is 0 Å². The van der Waals surface area contributed by atoms with Crippen molar-refractivity contribution in [3.05, 3.63) is 65.5 Å². The quantitative estimate of drug-likeness (QED) is 0.793. The molecule has 106 valence electrons. The van der Waals surface area contributed by atoms with Crippen LogP contribution in [0.25, 0.3) is 0 Å². The summed E-state index contributed by atoms with van der Waals surface area (Å²) in [6, 6.07) is 13.0. The van der Waals surface area contributed by atoms with Crippen LogP contribution in [0.15, 0.2) is 48.8 Å². The average Bonchev–Trinajstić information content (AvgIpc) is 2.53. The maximum absolute atomic E-state index is 4.11. The van der Waals surface area contributed by atoms with Gasteiger partial charge in [0.05, 0.1) is 0 Å². The predicted molar refractivity (Wildman–Crippen MR) is 85.1 cm³/mol. The topological polar surface area (TPSA) is 16.1 Å². The Morgan fingerprint density at radius 1 is 1.10 bits per heavy atom. The van der Waals surface area contributed by atoms with Crippen LogP contribution in [0.3, 0.4) is 0 Å². The molecule has 1 atom stereocenters. The molecule has 0 amide bonds. The summed E-state index contributed by atoms with van der Waals surface area (Å²) in [5, 5.41) is 0. The van der Waals surface area contributed by atoms with E-state index >= 15 is 0 Å². The summed E-state index contributed by atoms with van der Waals surface area (Å²) in [6.07, 6.45) is 4.86. The van der Waals surface area contributed by atoms with E-state index in [1.165, 1.54) is 16.7 Å². The van der Waals surface area contributed by atoms with Crippen molar-refractivity contribution in [2.45, 2.75) is 26.2 Å². The SMILES string of the molecule is CCN(C)CCc1ccccc1C(C)c1ccncc1. The van der Waals surface area contributed by atoms with Gasteiger partial charge in [0.25, 0.3) is 0 Å². The molecule has 1 heterocycles. The van der Waals surface area contributed by atoms with E-state index < -0.39 is 0 Å². The van der Waals surface area contributed by atoms with Crippen LogP contribution in [0.1, 0.15) is 36.5 Å². The van der Waals surface area contributed by atoms with Crippen molar-refractivity contribution >= 4 is 0 Å². The highest BCUT2D eigenvalue weighted by Gasteiger charge is 2.12. The first-order valence-electron chi connectivity index (χ1n) is 7.38. The number of pyridine rings is 1. The van der Waals surface area contributed by atoms with Gasteiger partial charge in [-0.05, 0) is 48.8 Å². The number of benzene rings is 1. The maximum atomic E-state index is 4.11. The lowest BCUT2D eigenvalue weighted by Gasteiger charge is -2.19. The lowest BCUT2D eigenvalue weighted by molar-refractivity contribution is 0.357. The molecule has 0 aliphatic heterocycles. The fourth-order valence-corrected chi connectivity index (χ4v) is 2.49. The van der Waals surface area contributed by atoms with Gasteiger partial charge in [-0.2, -0.15) is 0 Å². The number of nitrogens with zero attached hydrogens (tertiary/aromatic N) is 2. The summed E-state index contributed by atoms with van der Waals surface area (Å²) in [5.74, 6) is 0.418. The monoisotopic (exact) mass is 268 g/mol. The molecule has 0 aliphatic carbocycles. The third-order valence-corrected chi connectivity index (χ3v) is 4.03. The minimum absolute atomic E-state index is 0.418. The van der Waals surface area contributed by atoms with Crippen molar-refractivity contribution in [1.29, 1.82) is 0 Å². The first kappa shape index (κ1) is 14.7. The van der Waals surface area contributed by atoms with Crippen LogP contribution < -0.4 is 0 Å². The molecule has 0 saturated carbocycles. The maximum Gasteiger partial charge on any atom is 0.0270 e. The molecule has 0 bridgehead atoms. The van der Waals surface area contributed by atoms with Gasteiger partial charge in [0.15, 0.2) is 0 Å². The summed E-state index contributed by atoms with van der Waals surface area (Å²) in [5.41, 5.74) is 4.22. The molecule has 0 radical (unpaired) electrons. The zero-order chi connectivity index (χ0) is 14.4. The van der Waals surface area contributed by atoms with Gasteiger partial charge in [-0.25, -0.2) is 0 Å². The molecule has 0 saturated heterocycles. The molecule has 2 heteroatoms. The normalized spacial score (nSPS) is 12.6. The standard InChI is InChI=1S/C18H24N2/c1-4-20(3)14-11-17-7-5-6-8-18(17)15(2)16-9-12-19-13-10-16/h5-10,12-13,15H,4,11,14H2,1-3H3. The molecule has 0 spiro atoms. The molecule has 0 fully saturated rings. The number of aromatic nitrogens is 1. The second-order valence-electron chi connectivity index (χ2n) is 5.35. The molecule has 2 rings (SSSR count). The third-order valence-electron chi connectivity index (χ3n) is 4.03. The zero-order valence-electron chi connectivity index (χ0n) is 12.7. The van der Waals surface area contributed by atoms with Crippen molar-refractivity contribution in [2.24, 2.45) is 0 Å². The van der Waals surface area contributed by atoms with Crippen molar-refractivity contribution in [2.75, 3.05) is 20.1 Å². The molecule has 0 N–H and O–H groups in total.